The molecule has 3 heterocycles. The summed E-state index contributed by atoms with van der Waals surface area (Å²) in [6.45, 7) is 2.41. The number of rotatable bonds is 5. The summed E-state index contributed by atoms with van der Waals surface area (Å²) in [7, 11) is 1.79. The van der Waals surface area contributed by atoms with E-state index in [4.69, 9.17) is 20.4 Å². The van der Waals surface area contributed by atoms with Gasteiger partial charge < -0.3 is 25.8 Å². The van der Waals surface area contributed by atoms with Gasteiger partial charge in [0.15, 0.2) is 11.6 Å². The van der Waals surface area contributed by atoms with Crippen molar-refractivity contribution in [1.82, 2.24) is 19.9 Å². The Morgan fingerprint density at radius 3 is 2.68 bits per heavy atom. The third-order valence-corrected chi connectivity index (χ3v) is 7.14. The van der Waals surface area contributed by atoms with Crippen LogP contribution in [-0.2, 0) is 6.42 Å². The number of aliphatic hydroxyl groups excluding tert-OH is 1. The second kappa shape index (κ2) is 7.85. The molecule has 1 aromatic carbocycles. The van der Waals surface area contributed by atoms with Crippen molar-refractivity contribution in [2.45, 2.75) is 44.4 Å². The number of ether oxygens (including phenoxy) is 1. The van der Waals surface area contributed by atoms with Crippen LogP contribution in [0, 0.1) is 11.7 Å². The van der Waals surface area contributed by atoms with E-state index in [0.717, 1.165) is 53.3 Å². The number of piperidine rings is 1. The molecule has 1 saturated heterocycles. The molecule has 2 bridgehead atoms. The van der Waals surface area contributed by atoms with Crippen molar-refractivity contribution in [3.63, 3.8) is 0 Å². The van der Waals surface area contributed by atoms with E-state index in [1.807, 2.05) is 0 Å². The summed E-state index contributed by atoms with van der Waals surface area (Å²) < 4.78 is 20.5. The molecule has 2 fully saturated rings. The van der Waals surface area contributed by atoms with Crippen molar-refractivity contribution in [3.8, 4) is 22.9 Å². The highest BCUT2D eigenvalue weighted by atomic mass is 19.1. The van der Waals surface area contributed by atoms with Gasteiger partial charge in [-0.25, -0.2) is 14.4 Å². The number of anilines is 2. The fourth-order valence-corrected chi connectivity index (χ4v) is 5.52. The third kappa shape index (κ3) is 3.36. The Morgan fingerprint density at radius 2 is 2.03 bits per heavy atom. The first kappa shape index (κ1) is 21.2. The molecular formula is C24H26FN7O2. The highest BCUT2D eigenvalue weighted by Crippen LogP contribution is 2.49. The Hall–Kier alpha value is -3.37. The lowest BCUT2D eigenvalue weighted by atomic mass is 10.0. The Morgan fingerprint density at radius 1 is 1.24 bits per heavy atom. The number of aromatic nitrogens is 4. The summed E-state index contributed by atoms with van der Waals surface area (Å²) >= 11 is 0. The maximum Gasteiger partial charge on any atom is 0.324 e. The van der Waals surface area contributed by atoms with Crippen molar-refractivity contribution in [2.24, 2.45) is 11.7 Å². The molecule has 4 atom stereocenters. The Bertz CT molecular complexity index is 1270. The molecule has 10 heteroatoms. The van der Waals surface area contributed by atoms with Gasteiger partial charge in [0, 0.05) is 43.3 Å². The molecule has 3 aliphatic rings. The third-order valence-electron chi connectivity index (χ3n) is 7.14. The largest absolute Gasteiger partial charge is 0.421 e. The molecule has 1 aliphatic heterocycles. The van der Waals surface area contributed by atoms with E-state index in [1.165, 1.54) is 18.5 Å². The Kier molecular flexibility index (Phi) is 4.89. The molecule has 34 heavy (non-hydrogen) atoms. The lowest BCUT2D eigenvalue weighted by Gasteiger charge is -2.32. The topological polar surface area (TPSA) is 122 Å². The van der Waals surface area contributed by atoms with Gasteiger partial charge in [-0.2, -0.15) is 9.97 Å². The predicted octanol–water partition coefficient (Wildman–Crippen LogP) is 2.79. The average Bonchev–Trinajstić information content (AvgIpc) is 3.50. The highest BCUT2D eigenvalue weighted by molar-refractivity contribution is 5.88. The molecule has 0 radical (unpaired) electrons. The Labute approximate surface area is 196 Å². The van der Waals surface area contributed by atoms with Crippen molar-refractivity contribution in [1.29, 1.82) is 0 Å². The van der Waals surface area contributed by atoms with Crippen molar-refractivity contribution >= 4 is 11.5 Å². The second-order valence-electron chi connectivity index (χ2n) is 9.31. The maximum absolute atomic E-state index is 14.5. The van der Waals surface area contributed by atoms with E-state index in [0.29, 0.717) is 30.0 Å². The molecule has 6 rings (SSSR count). The summed E-state index contributed by atoms with van der Waals surface area (Å²) in [5, 5.41) is 12.8. The van der Waals surface area contributed by atoms with E-state index in [1.54, 1.807) is 20.0 Å². The number of benzene rings is 1. The Balaban J connectivity index is 1.44. The van der Waals surface area contributed by atoms with Crippen LogP contribution in [0.3, 0.4) is 0 Å². The molecule has 0 spiro atoms. The summed E-state index contributed by atoms with van der Waals surface area (Å²) in [5.74, 6) is 1.56. The van der Waals surface area contributed by atoms with Gasteiger partial charge in [-0.05, 0) is 48.9 Å². The standard InChI is InChI=1S/C24H26FN7O2/c1-11(33)22-28-8-15(9-29-22)34-24-30-20-7-16-17(4-13(25)5-19(16)27-2)21(20)23(31-24)32-10-12-3-14(32)6-18(12)26/h4-5,8-9,11-12,14,18,27,33H,3,6-7,10,26H2,1-2H3/t11?,12?,14?,18-/m0/s1. The first-order valence-corrected chi connectivity index (χ1v) is 11.5. The van der Waals surface area contributed by atoms with E-state index < -0.39 is 6.10 Å². The van der Waals surface area contributed by atoms with Crippen LogP contribution in [0.5, 0.6) is 11.8 Å². The number of nitrogens with two attached hydrogens (primary N) is 1. The molecule has 3 unspecified atom stereocenters. The van der Waals surface area contributed by atoms with Crippen molar-refractivity contribution in [2.75, 3.05) is 23.8 Å². The minimum Gasteiger partial charge on any atom is -0.421 e. The van der Waals surface area contributed by atoms with Gasteiger partial charge in [0.1, 0.15) is 17.7 Å². The number of aliphatic hydroxyl groups is 1. The smallest absolute Gasteiger partial charge is 0.324 e. The van der Waals surface area contributed by atoms with E-state index in [-0.39, 0.29) is 17.9 Å². The number of nitrogens with one attached hydrogen (secondary N) is 1. The van der Waals surface area contributed by atoms with Crippen LogP contribution in [0.1, 0.15) is 43.0 Å². The summed E-state index contributed by atoms with van der Waals surface area (Å²) in [5.41, 5.74) is 10.5. The normalized spacial score (nSPS) is 23.1. The average molecular weight is 464 g/mol. The van der Waals surface area contributed by atoms with Gasteiger partial charge in [0.25, 0.3) is 0 Å². The molecule has 176 valence electrons. The van der Waals surface area contributed by atoms with Crippen LogP contribution in [0.25, 0.3) is 11.1 Å². The van der Waals surface area contributed by atoms with E-state index >= 15 is 0 Å². The predicted molar refractivity (Wildman–Crippen MR) is 124 cm³/mol. The SMILES string of the molecule is CNc1cc(F)cc2c1Cc1nc(Oc3cnc(C(C)O)nc3)nc(N3CC4CC3C[C@@H]4N)c1-2. The molecule has 1 saturated carbocycles. The number of halogens is 1. The zero-order chi connectivity index (χ0) is 23.6. The van der Waals surface area contributed by atoms with Gasteiger partial charge in [0.05, 0.1) is 18.1 Å². The molecular weight excluding hydrogens is 437 g/mol. The zero-order valence-corrected chi connectivity index (χ0v) is 19.0. The van der Waals surface area contributed by atoms with Crippen LogP contribution in [0.15, 0.2) is 24.5 Å². The van der Waals surface area contributed by atoms with Gasteiger partial charge in [-0.3, -0.25) is 0 Å². The van der Waals surface area contributed by atoms with Crippen LogP contribution in [0.4, 0.5) is 15.9 Å². The number of hydrogen-bond acceptors (Lipinski definition) is 9. The van der Waals surface area contributed by atoms with Gasteiger partial charge >= 0.3 is 6.01 Å². The van der Waals surface area contributed by atoms with Crippen molar-refractivity contribution < 1.29 is 14.2 Å². The minimum absolute atomic E-state index is 0.188. The maximum atomic E-state index is 14.5. The number of nitrogens with zero attached hydrogens (tertiary/aromatic N) is 5. The summed E-state index contributed by atoms with van der Waals surface area (Å²) in [6.07, 6.45) is 4.70. The summed E-state index contributed by atoms with van der Waals surface area (Å²) in [6, 6.07) is 3.76. The number of hydrogen-bond donors (Lipinski definition) is 3. The molecule has 2 aliphatic carbocycles. The molecule has 0 amide bonds. The number of fused-ring (bicyclic) bond motifs is 5. The van der Waals surface area contributed by atoms with Gasteiger partial charge in [-0.15, -0.1) is 0 Å². The fraction of sp³-hybridized carbons (Fsp3) is 0.417. The van der Waals surface area contributed by atoms with E-state index in [2.05, 4.69) is 20.2 Å². The molecule has 2 aromatic heterocycles. The van der Waals surface area contributed by atoms with Crippen LogP contribution >= 0.6 is 0 Å². The van der Waals surface area contributed by atoms with Gasteiger partial charge in [-0.1, -0.05) is 0 Å². The molecule has 3 aromatic rings. The van der Waals surface area contributed by atoms with Gasteiger partial charge in [0.2, 0.25) is 0 Å². The lowest BCUT2D eigenvalue weighted by molar-refractivity contribution is 0.188. The monoisotopic (exact) mass is 463 g/mol. The van der Waals surface area contributed by atoms with Crippen LogP contribution in [0.2, 0.25) is 0 Å². The molecule has 9 nitrogen and oxygen atoms in total. The minimum atomic E-state index is -0.769. The van der Waals surface area contributed by atoms with Crippen LogP contribution in [-0.4, -0.2) is 50.7 Å². The highest BCUT2D eigenvalue weighted by Gasteiger charge is 2.45. The van der Waals surface area contributed by atoms with Crippen molar-refractivity contribution in [3.05, 3.63) is 47.4 Å². The molecule has 4 N–H and O–H groups in total. The first-order valence-electron chi connectivity index (χ1n) is 11.5. The lowest BCUT2D eigenvalue weighted by Crippen LogP contribution is -2.41. The first-order chi connectivity index (χ1) is 16.4. The van der Waals surface area contributed by atoms with Crippen LogP contribution < -0.4 is 20.7 Å². The zero-order valence-electron chi connectivity index (χ0n) is 19.0. The second-order valence-corrected chi connectivity index (χ2v) is 9.31. The summed E-state index contributed by atoms with van der Waals surface area (Å²) in [4.78, 5) is 20.1. The quantitative estimate of drug-likeness (QED) is 0.410. The fourth-order valence-electron chi connectivity index (χ4n) is 5.52. The van der Waals surface area contributed by atoms with E-state index in [9.17, 15) is 9.50 Å².